The van der Waals surface area contributed by atoms with Crippen LogP contribution in [0.3, 0.4) is 0 Å². The van der Waals surface area contributed by atoms with Crippen molar-refractivity contribution in [3.8, 4) is 0 Å². The number of hydrazone groups is 1. The smallest absolute Gasteiger partial charge is 0.298 e. The van der Waals surface area contributed by atoms with E-state index in [1.54, 1.807) is 18.9 Å². The Balaban J connectivity index is 2.50. The molecule has 1 unspecified atom stereocenters. The Labute approximate surface area is 95.2 Å². The van der Waals surface area contributed by atoms with Crippen molar-refractivity contribution in [3.05, 3.63) is 30.3 Å². The maximum atomic E-state index is 12.9. The zero-order chi connectivity index (χ0) is 11.8. The summed E-state index contributed by atoms with van der Waals surface area (Å²) in [5, 5.41) is 4.96. The lowest BCUT2D eigenvalue weighted by atomic mass is 10.4. The summed E-state index contributed by atoms with van der Waals surface area (Å²) in [6.07, 6.45) is 0. The highest BCUT2D eigenvalue weighted by Gasteiger charge is 2.37. The summed E-state index contributed by atoms with van der Waals surface area (Å²) >= 11 is 0. The van der Waals surface area contributed by atoms with E-state index in [0.29, 0.717) is 0 Å². The van der Waals surface area contributed by atoms with E-state index in [1.807, 2.05) is 37.3 Å². The lowest BCUT2D eigenvalue weighted by Crippen LogP contribution is -2.46. The van der Waals surface area contributed by atoms with Crippen LogP contribution < -0.4 is 10.7 Å². The molecule has 0 bridgehead atoms. The van der Waals surface area contributed by atoms with Gasteiger partial charge in [-0.25, -0.2) is 4.78 Å². The number of hydrogen-bond acceptors (Lipinski definition) is 3. The molecule has 0 amide bonds. The van der Waals surface area contributed by atoms with Crippen molar-refractivity contribution < 1.29 is 4.57 Å². The Morgan fingerprint density at radius 1 is 1.25 bits per heavy atom. The van der Waals surface area contributed by atoms with Crippen LogP contribution in [0, 0.1) is 0 Å². The van der Waals surface area contributed by atoms with Crippen LogP contribution in [-0.2, 0) is 4.57 Å². The van der Waals surface area contributed by atoms with Crippen LogP contribution in [0.4, 0.5) is 0 Å². The van der Waals surface area contributed by atoms with Crippen LogP contribution in [0.1, 0.15) is 6.92 Å². The van der Waals surface area contributed by atoms with Gasteiger partial charge in [-0.3, -0.25) is 9.99 Å². The van der Waals surface area contributed by atoms with Gasteiger partial charge in [0, 0.05) is 19.4 Å². The van der Waals surface area contributed by atoms with Crippen LogP contribution >= 0.6 is 7.44 Å². The summed E-state index contributed by atoms with van der Waals surface area (Å²) < 4.78 is 16.1. The fourth-order valence-electron chi connectivity index (χ4n) is 1.76. The van der Waals surface area contributed by atoms with Gasteiger partial charge in [0.25, 0.3) is 0 Å². The molecule has 6 heteroatoms. The second kappa shape index (κ2) is 3.92. The maximum Gasteiger partial charge on any atom is 0.300 e. The fraction of sp³-hybridized carbons (Fsp3) is 0.300. The highest BCUT2D eigenvalue weighted by molar-refractivity contribution is 7.67. The summed E-state index contributed by atoms with van der Waals surface area (Å²) in [7, 11) is 0.680. The maximum absolute atomic E-state index is 12.9. The van der Waals surface area contributed by atoms with Gasteiger partial charge >= 0.3 is 7.44 Å². The molecule has 0 spiro atoms. The Morgan fingerprint density at radius 2 is 1.88 bits per heavy atom. The Morgan fingerprint density at radius 3 is 2.44 bits per heavy atom. The first-order valence-corrected chi connectivity index (χ1v) is 6.62. The van der Waals surface area contributed by atoms with Crippen molar-refractivity contribution in [3.63, 3.8) is 0 Å². The average Bonchev–Trinajstić information content (AvgIpc) is 2.27. The molecule has 1 N–H and O–H groups in total. The molecule has 1 atom stereocenters. The van der Waals surface area contributed by atoms with Crippen LogP contribution in [0.5, 0.6) is 0 Å². The van der Waals surface area contributed by atoms with Crippen molar-refractivity contribution in [1.82, 2.24) is 15.0 Å². The SMILES string of the molecule is CC1=NN(C)P(=O)(c2ccccc2)N(C)N1. The second-order valence-corrected chi connectivity index (χ2v) is 6.47. The van der Waals surface area contributed by atoms with Gasteiger partial charge in [-0.2, -0.15) is 5.10 Å². The molecule has 1 heterocycles. The first-order chi connectivity index (χ1) is 7.55. The lowest BCUT2D eigenvalue weighted by Gasteiger charge is -2.37. The summed E-state index contributed by atoms with van der Waals surface area (Å²) in [6, 6.07) is 9.36. The monoisotopic (exact) mass is 238 g/mol. The van der Waals surface area contributed by atoms with Gasteiger partial charge in [0.2, 0.25) is 0 Å². The molecule has 5 nitrogen and oxygen atoms in total. The number of benzene rings is 1. The van der Waals surface area contributed by atoms with Gasteiger partial charge < -0.3 is 0 Å². The molecule has 0 fully saturated rings. The number of hydrazine groups is 1. The predicted molar refractivity (Wildman–Crippen MR) is 65.5 cm³/mol. The second-order valence-electron chi connectivity index (χ2n) is 3.69. The minimum Gasteiger partial charge on any atom is -0.298 e. The lowest BCUT2D eigenvalue weighted by molar-refractivity contribution is 0.358. The van der Waals surface area contributed by atoms with Gasteiger partial charge in [-0.1, -0.05) is 18.2 Å². The number of amidine groups is 1. The van der Waals surface area contributed by atoms with Crippen molar-refractivity contribution in [2.24, 2.45) is 5.10 Å². The van der Waals surface area contributed by atoms with E-state index in [2.05, 4.69) is 10.5 Å². The first-order valence-electron chi connectivity index (χ1n) is 5.01. The summed E-state index contributed by atoms with van der Waals surface area (Å²) in [6.45, 7) is 1.83. The molecule has 2 rings (SSSR count). The van der Waals surface area contributed by atoms with Crippen molar-refractivity contribution in [1.29, 1.82) is 0 Å². The largest absolute Gasteiger partial charge is 0.300 e. The highest BCUT2D eigenvalue weighted by atomic mass is 31.2. The van der Waals surface area contributed by atoms with Gasteiger partial charge in [-0.15, -0.1) is 4.78 Å². The quantitative estimate of drug-likeness (QED) is 0.747. The van der Waals surface area contributed by atoms with Crippen LogP contribution in [0.25, 0.3) is 0 Å². The summed E-state index contributed by atoms with van der Waals surface area (Å²) in [4.78, 5) is 0. The molecular formula is C10H15N4OP. The summed E-state index contributed by atoms with van der Waals surface area (Å²) in [5.41, 5.74) is 2.98. The molecule has 86 valence electrons. The zero-order valence-electron chi connectivity index (χ0n) is 9.58. The van der Waals surface area contributed by atoms with E-state index in [-0.39, 0.29) is 0 Å². The highest BCUT2D eigenvalue weighted by Crippen LogP contribution is 2.50. The Bertz CT molecular complexity index is 459. The minimum atomic E-state index is -2.82. The molecule has 1 aliphatic rings. The molecule has 0 aromatic heterocycles. The standard InChI is InChI=1S/C10H15N4OP/c1-9-11-13(2)16(15,14(3)12-9)10-7-5-4-6-8-10/h4-8H,1-3H3,(H,11,12). The molecule has 1 aromatic carbocycles. The topological polar surface area (TPSA) is 47.9 Å². The molecule has 0 radical (unpaired) electrons. The fourth-order valence-corrected chi connectivity index (χ4v) is 3.92. The third-order valence-electron chi connectivity index (χ3n) is 2.51. The van der Waals surface area contributed by atoms with Crippen molar-refractivity contribution in [2.45, 2.75) is 6.92 Å². The van der Waals surface area contributed by atoms with Crippen molar-refractivity contribution >= 4 is 18.6 Å². The van der Waals surface area contributed by atoms with E-state index in [4.69, 9.17) is 0 Å². The normalized spacial score (nSPS) is 26.2. The molecular weight excluding hydrogens is 223 g/mol. The van der Waals surface area contributed by atoms with Gasteiger partial charge in [0.15, 0.2) is 0 Å². The third-order valence-corrected chi connectivity index (χ3v) is 5.27. The molecule has 1 aliphatic heterocycles. The number of hydrogen-bond donors (Lipinski definition) is 1. The van der Waals surface area contributed by atoms with Gasteiger partial charge in [0.1, 0.15) is 5.84 Å². The predicted octanol–water partition coefficient (Wildman–Crippen LogP) is 1.22. The van der Waals surface area contributed by atoms with Crippen LogP contribution in [0.2, 0.25) is 0 Å². The zero-order valence-corrected chi connectivity index (χ0v) is 10.5. The Hall–Kier alpha value is -1.32. The van der Waals surface area contributed by atoms with E-state index in [1.165, 1.54) is 4.78 Å². The molecule has 16 heavy (non-hydrogen) atoms. The number of nitrogens with one attached hydrogen (secondary N) is 1. The number of nitrogens with zero attached hydrogens (tertiary/aromatic N) is 3. The van der Waals surface area contributed by atoms with Crippen LogP contribution in [0.15, 0.2) is 35.4 Å². The van der Waals surface area contributed by atoms with Crippen LogP contribution in [-0.4, -0.2) is 29.5 Å². The minimum absolute atomic E-state index is 0.729. The number of rotatable bonds is 1. The van der Waals surface area contributed by atoms with E-state index >= 15 is 0 Å². The van der Waals surface area contributed by atoms with Gasteiger partial charge in [0.05, 0.1) is 0 Å². The van der Waals surface area contributed by atoms with Gasteiger partial charge in [-0.05, 0) is 19.1 Å². The third kappa shape index (κ3) is 1.62. The van der Waals surface area contributed by atoms with E-state index in [9.17, 15) is 4.57 Å². The molecule has 0 saturated heterocycles. The van der Waals surface area contributed by atoms with Crippen molar-refractivity contribution in [2.75, 3.05) is 14.1 Å². The Kier molecular flexibility index (Phi) is 2.74. The molecule has 0 aliphatic carbocycles. The average molecular weight is 238 g/mol. The van der Waals surface area contributed by atoms with E-state index < -0.39 is 7.44 Å². The van der Waals surface area contributed by atoms with E-state index in [0.717, 1.165) is 11.1 Å². The summed E-state index contributed by atoms with van der Waals surface area (Å²) in [5.74, 6) is 0.729. The molecule has 0 saturated carbocycles. The molecule has 1 aromatic rings. The first kappa shape index (κ1) is 11.2.